The molecule has 0 saturated heterocycles. The SMILES string of the molecule is CC(C)Cc1cccc2ccc(F)c(F)c12. The topological polar surface area (TPSA) is 0 Å². The highest BCUT2D eigenvalue weighted by atomic mass is 19.2. The van der Waals surface area contributed by atoms with Crippen LogP contribution in [0.3, 0.4) is 0 Å². The zero-order chi connectivity index (χ0) is 11.7. The number of benzene rings is 2. The van der Waals surface area contributed by atoms with Crippen LogP contribution in [0.5, 0.6) is 0 Å². The van der Waals surface area contributed by atoms with Gasteiger partial charge in [0.1, 0.15) is 0 Å². The van der Waals surface area contributed by atoms with Crippen molar-refractivity contribution in [3.63, 3.8) is 0 Å². The summed E-state index contributed by atoms with van der Waals surface area (Å²) < 4.78 is 26.9. The first-order valence-corrected chi connectivity index (χ1v) is 5.45. The van der Waals surface area contributed by atoms with E-state index < -0.39 is 11.6 Å². The maximum Gasteiger partial charge on any atom is 0.166 e. The largest absolute Gasteiger partial charge is 0.204 e. The Morgan fingerprint density at radius 2 is 1.81 bits per heavy atom. The van der Waals surface area contributed by atoms with Gasteiger partial charge in [-0.3, -0.25) is 0 Å². The van der Waals surface area contributed by atoms with Crippen molar-refractivity contribution in [1.82, 2.24) is 0 Å². The molecule has 0 heterocycles. The Morgan fingerprint density at radius 3 is 2.50 bits per heavy atom. The molecule has 2 aromatic rings. The van der Waals surface area contributed by atoms with Gasteiger partial charge in [0.2, 0.25) is 0 Å². The zero-order valence-electron chi connectivity index (χ0n) is 9.43. The summed E-state index contributed by atoms with van der Waals surface area (Å²) in [4.78, 5) is 0. The fourth-order valence-corrected chi connectivity index (χ4v) is 1.99. The molecule has 0 bridgehead atoms. The fraction of sp³-hybridized carbons (Fsp3) is 0.286. The van der Waals surface area contributed by atoms with Crippen molar-refractivity contribution >= 4 is 10.8 Å². The van der Waals surface area contributed by atoms with E-state index in [-0.39, 0.29) is 0 Å². The van der Waals surface area contributed by atoms with Crippen molar-refractivity contribution < 1.29 is 8.78 Å². The van der Waals surface area contributed by atoms with Crippen LogP contribution in [0.2, 0.25) is 0 Å². The summed E-state index contributed by atoms with van der Waals surface area (Å²) in [6.45, 7) is 4.13. The molecule has 0 aliphatic rings. The molecule has 0 unspecified atom stereocenters. The molecule has 2 heteroatoms. The number of rotatable bonds is 2. The van der Waals surface area contributed by atoms with E-state index in [1.807, 2.05) is 18.2 Å². The van der Waals surface area contributed by atoms with Crippen LogP contribution >= 0.6 is 0 Å². The van der Waals surface area contributed by atoms with Gasteiger partial charge in [-0.15, -0.1) is 0 Å². The maximum atomic E-state index is 13.7. The van der Waals surface area contributed by atoms with Gasteiger partial charge in [0.05, 0.1) is 0 Å². The molecule has 0 saturated carbocycles. The van der Waals surface area contributed by atoms with Crippen molar-refractivity contribution in [3.8, 4) is 0 Å². The third kappa shape index (κ3) is 1.92. The first-order valence-electron chi connectivity index (χ1n) is 5.45. The second-order valence-corrected chi connectivity index (χ2v) is 4.47. The molecule has 0 nitrogen and oxygen atoms in total. The van der Waals surface area contributed by atoms with Gasteiger partial charge < -0.3 is 0 Å². The van der Waals surface area contributed by atoms with Gasteiger partial charge in [-0.25, -0.2) is 8.78 Å². The van der Waals surface area contributed by atoms with Crippen LogP contribution in [-0.4, -0.2) is 0 Å². The van der Waals surface area contributed by atoms with Gasteiger partial charge in [0.25, 0.3) is 0 Å². The van der Waals surface area contributed by atoms with Crippen LogP contribution in [0.1, 0.15) is 19.4 Å². The Balaban J connectivity index is 2.69. The van der Waals surface area contributed by atoms with E-state index in [0.29, 0.717) is 11.3 Å². The van der Waals surface area contributed by atoms with Gasteiger partial charge in [-0.2, -0.15) is 0 Å². The van der Waals surface area contributed by atoms with E-state index >= 15 is 0 Å². The summed E-state index contributed by atoms with van der Waals surface area (Å²) in [6, 6.07) is 8.36. The minimum Gasteiger partial charge on any atom is -0.204 e. The first-order chi connectivity index (χ1) is 7.59. The molecule has 2 aromatic carbocycles. The van der Waals surface area contributed by atoms with Crippen LogP contribution < -0.4 is 0 Å². The number of hydrogen-bond donors (Lipinski definition) is 0. The van der Waals surface area contributed by atoms with Crippen LogP contribution in [-0.2, 0) is 6.42 Å². The molecule has 0 aromatic heterocycles. The normalized spacial score (nSPS) is 11.3. The second kappa shape index (κ2) is 4.20. The van der Waals surface area contributed by atoms with Crippen LogP contribution in [0.4, 0.5) is 8.78 Å². The average Bonchev–Trinajstić information content (AvgIpc) is 2.23. The van der Waals surface area contributed by atoms with E-state index in [9.17, 15) is 8.78 Å². The Bertz CT molecular complexity index is 515. The Labute approximate surface area is 93.9 Å². The molecule has 0 aliphatic carbocycles. The Hall–Kier alpha value is -1.44. The molecule has 0 aliphatic heterocycles. The minimum absolute atomic E-state index is 0.424. The van der Waals surface area contributed by atoms with Crippen LogP contribution in [0, 0.1) is 17.6 Å². The van der Waals surface area contributed by atoms with Gasteiger partial charge in [0, 0.05) is 5.39 Å². The van der Waals surface area contributed by atoms with Gasteiger partial charge in [-0.05, 0) is 29.4 Å². The van der Waals surface area contributed by atoms with Crippen molar-refractivity contribution in [2.24, 2.45) is 5.92 Å². The molecule has 2 rings (SSSR count). The number of halogens is 2. The summed E-state index contributed by atoms with van der Waals surface area (Å²) >= 11 is 0. The van der Waals surface area contributed by atoms with Gasteiger partial charge in [-0.1, -0.05) is 38.1 Å². The Kier molecular flexibility index (Phi) is 2.90. The average molecular weight is 220 g/mol. The van der Waals surface area contributed by atoms with E-state index in [2.05, 4.69) is 13.8 Å². The van der Waals surface area contributed by atoms with E-state index in [4.69, 9.17) is 0 Å². The number of hydrogen-bond acceptors (Lipinski definition) is 0. The molecule has 84 valence electrons. The molecule has 0 radical (unpaired) electrons. The molecule has 0 fully saturated rings. The molecule has 0 spiro atoms. The van der Waals surface area contributed by atoms with Crippen LogP contribution in [0.15, 0.2) is 30.3 Å². The molecule has 0 amide bonds. The van der Waals surface area contributed by atoms with E-state index in [1.165, 1.54) is 6.07 Å². The summed E-state index contributed by atoms with van der Waals surface area (Å²) in [5.41, 5.74) is 0.879. The molecular formula is C14H14F2. The predicted octanol–water partition coefficient (Wildman–Crippen LogP) is 4.32. The fourth-order valence-electron chi connectivity index (χ4n) is 1.99. The van der Waals surface area contributed by atoms with Crippen LogP contribution in [0.25, 0.3) is 10.8 Å². The lowest BCUT2D eigenvalue weighted by Crippen LogP contribution is -1.97. The number of fused-ring (bicyclic) bond motifs is 1. The second-order valence-electron chi connectivity index (χ2n) is 4.47. The highest BCUT2D eigenvalue weighted by Crippen LogP contribution is 2.25. The molecule has 0 atom stereocenters. The minimum atomic E-state index is -0.774. The summed E-state index contributed by atoms with van der Waals surface area (Å²) in [5.74, 6) is -1.08. The molecule has 0 N–H and O–H groups in total. The lowest BCUT2D eigenvalue weighted by molar-refractivity contribution is 0.516. The predicted molar refractivity (Wildman–Crippen MR) is 62.4 cm³/mol. The third-order valence-electron chi connectivity index (χ3n) is 2.65. The highest BCUT2D eigenvalue weighted by molar-refractivity contribution is 5.86. The highest BCUT2D eigenvalue weighted by Gasteiger charge is 2.11. The quantitative estimate of drug-likeness (QED) is 0.707. The summed E-state index contributed by atoms with van der Waals surface area (Å²) in [7, 11) is 0. The zero-order valence-corrected chi connectivity index (χ0v) is 9.43. The smallest absolute Gasteiger partial charge is 0.166 e. The first kappa shape index (κ1) is 11.1. The van der Waals surface area contributed by atoms with Crippen molar-refractivity contribution in [2.75, 3.05) is 0 Å². The van der Waals surface area contributed by atoms with E-state index in [1.54, 1.807) is 6.07 Å². The standard InChI is InChI=1S/C14H14F2/c1-9(2)8-11-5-3-4-10-6-7-12(15)14(16)13(10)11/h3-7,9H,8H2,1-2H3. The van der Waals surface area contributed by atoms with E-state index in [0.717, 1.165) is 17.4 Å². The van der Waals surface area contributed by atoms with Crippen molar-refractivity contribution in [1.29, 1.82) is 0 Å². The lowest BCUT2D eigenvalue weighted by atomic mass is 9.96. The molecule has 16 heavy (non-hydrogen) atoms. The third-order valence-corrected chi connectivity index (χ3v) is 2.65. The molecular weight excluding hydrogens is 206 g/mol. The van der Waals surface area contributed by atoms with Crippen molar-refractivity contribution in [3.05, 3.63) is 47.5 Å². The van der Waals surface area contributed by atoms with Crippen molar-refractivity contribution in [2.45, 2.75) is 20.3 Å². The maximum absolute atomic E-state index is 13.7. The monoisotopic (exact) mass is 220 g/mol. The van der Waals surface area contributed by atoms with Gasteiger partial charge >= 0.3 is 0 Å². The van der Waals surface area contributed by atoms with Gasteiger partial charge in [0.15, 0.2) is 11.6 Å². The summed E-state index contributed by atoms with van der Waals surface area (Å²) in [6.07, 6.45) is 0.762. The summed E-state index contributed by atoms with van der Waals surface area (Å²) in [5, 5.41) is 1.19. The Morgan fingerprint density at radius 1 is 1.06 bits per heavy atom. The lowest BCUT2D eigenvalue weighted by Gasteiger charge is -2.10.